The zero-order chi connectivity index (χ0) is 17.9. The molecule has 130 valence electrons. The van der Waals surface area contributed by atoms with Crippen molar-refractivity contribution in [1.82, 2.24) is 15.1 Å². The van der Waals surface area contributed by atoms with Crippen molar-refractivity contribution in [2.45, 2.75) is 40.4 Å². The van der Waals surface area contributed by atoms with E-state index in [0.29, 0.717) is 23.9 Å². The van der Waals surface area contributed by atoms with Crippen LogP contribution in [0.4, 0.5) is 0 Å². The molecule has 1 heterocycles. The van der Waals surface area contributed by atoms with Crippen LogP contribution in [0.3, 0.4) is 0 Å². The van der Waals surface area contributed by atoms with E-state index in [1.807, 2.05) is 46.9 Å². The third-order valence-corrected chi connectivity index (χ3v) is 3.70. The zero-order valence-corrected chi connectivity index (χ0v) is 15.7. The van der Waals surface area contributed by atoms with Crippen molar-refractivity contribution in [2.24, 2.45) is 0 Å². The van der Waals surface area contributed by atoms with Gasteiger partial charge in [-0.1, -0.05) is 17.2 Å². The van der Waals surface area contributed by atoms with Crippen molar-refractivity contribution in [2.75, 3.05) is 13.6 Å². The van der Waals surface area contributed by atoms with Crippen LogP contribution in [0.1, 0.15) is 25.0 Å². The molecule has 1 unspecified atom stereocenters. The van der Waals surface area contributed by atoms with Crippen molar-refractivity contribution in [1.29, 1.82) is 0 Å². The van der Waals surface area contributed by atoms with Gasteiger partial charge in [-0.2, -0.15) is 4.68 Å². The van der Waals surface area contributed by atoms with Crippen molar-refractivity contribution >= 4 is 18.1 Å². The largest absolute Gasteiger partial charge is 0.409 e. The van der Waals surface area contributed by atoms with Gasteiger partial charge in [0, 0.05) is 11.6 Å². The number of benzene rings is 1. The molecule has 0 aliphatic carbocycles. The van der Waals surface area contributed by atoms with Crippen LogP contribution in [0, 0.1) is 18.7 Å². The van der Waals surface area contributed by atoms with E-state index in [1.54, 1.807) is 4.68 Å². The lowest BCUT2D eigenvalue weighted by atomic mass is 10.1. The first-order valence-corrected chi connectivity index (χ1v) is 8.42. The maximum absolute atomic E-state index is 11.8. The molecule has 2 rings (SSSR count). The molecule has 1 aromatic carbocycles. The van der Waals surface area contributed by atoms with Crippen LogP contribution >= 0.6 is 12.2 Å². The topological polar surface area (TPSA) is 64.5 Å². The Bertz CT molecular complexity index is 759. The van der Waals surface area contributed by atoms with Gasteiger partial charge in [-0.3, -0.25) is 4.79 Å². The molecule has 2 aromatic rings. The zero-order valence-electron chi connectivity index (χ0n) is 14.8. The Morgan fingerprint density at radius 3 is 2.54 bits per heavy atom. The highest BCUT2D eigenvalue weighted by Gasteiger charge is 2.15. The molecule has 0 aliphatic rings. The second-order valence-electron chi connectivity index (χ2n) is 6.56. The van der Waals surface area contributed by atoms with Gasteiger partial charge in [0.2, 0.25) is 5.89 Å². The molecule has 1 aromatic heterocycles. The summed E-state index contributed by atoms with van der Waals surface area (Å²) in [6.45, 7) is 8.78. The average molecular weight is 349 g/mol. The minimum absolute atomic E-state index is 0.00652. The fourth-order valence-electron chi connectivity index (χ4n) is 2.58. The van der Waals surface area contributed by atoms with Crippen LogP contribution in [0.2, 0.25) is 0 Å². The molecule has 6 nitrogen and oxygen atoms in total. The van der Waals surface area contributed by atoms with E-state index in [4.69, 9.17) is 16.6 Å². The number of likely N-dealkylation sites (N-methyl/N-ethyl adjacent to an activating group) is 1. The first-order chi connectivity index (χ1) is 11.2. The Morgan fingerprint density at radius 1 is 1.33 bits per heavy atom. The third-order valence-electron chi connectivity index (χ3n) is 3.41. The lowest BCUT2D eigenvalue weighted by Gasteiger charge is -2.14. The second kappa shape index (κ2) is 7.72. The Labute approximate surface area is 147 Å². The van der Waals surface area contributed by atoms with E-state index in [1.165, 1.54) is 0 Å². The number of aryl methyl sites for hydroxylation is 2. The van der Waals surface area contributed by atoms with E-state index in [0.717, 1.165) is 21.6 Å². The molecule has 0 bridgehead atoms. The highest BCUT2D eigenvalue weighted by atomic mass is 32.1. The quantitative estimate of drug-likeness (QED) is 0.776. The molecular weight excluding hydrogens is 324 g/mol. The highest BCUT2D eigenvalue weighted by molar-refractivity contribution is 7.71. The summed E-state index contributed by atoms with van der Waals surface area (Å²) in [5.74, 6) is 0.512. The Hall–Kier alpha value is -1.99. The van der Waals surface area contributed by atoms with Crippen molar-refractivity contribution in [3.63, 3.8) is 0 Å². The van der Waals surface area contributed by atoms with Crippen LogP contribution in [-0.4, -0.2) is 35.3 Å². The fraction of sp³-hybridized carbons (Fsp3) is 0.471. The van der Waals surface area contributed by atoms with Gasteiger partial charge in [0.1, 0.15) is 0 Å². The molecule has 1 amide bonds. The predicted molar refractivity (Wildman–Crippen MR) is 95.3 cm³/mol. The number of carbonyl (C=O) groups is 1. The van der Waals surface area contributed by atoms with Gasteiger partial charge in [-0.25, -0.2) is 0 Å². The van der Waals surface area contributed by atoms with Gasteiger partial charge in [0.25, 0.3) is 10.7 Å². The number of amides is 1. The average Bonchev–Trinajstić information content (AvgIpc) is 2.77. The molecule has 0 radical (unpaired) electrons. The van der Waals surface area contributed by atoms with Crippen LogP contribution in [0.25, 0.3) is 11.5 Å². The first-order valence-electron chi connectivity index (χ1n) is 8.02. The minimum atomic E-state index is 0.00652. The summed E-state index contributed by atoms with van der Waals surface area (Å²) in [6, 6.07) is 6.27. The molecule has 1 atom stereocenters. The molecule has 0 aliphatic heterocycles. The number of nitrogens with one attached hydrogen (secondary N) is 2. The number of quaternary nitrogens is 1. The number of carbonyl (C=O) groups excluding carboxylic acids is 1. The molecule has 0 saturated heterocycles. The van der Waals surface area contributed by atoms with E-state index >= 15 is 0 Å². The van der Waals surface area contributed by atoms with E-state index in [-0.39, 0.29) is 11.9 Å². The lowest BCUT2D eigenvalue weighted by molar-refractivity contribution is -0.895. The normalized spacial score (nSPS) is 12.4. The highest BCUT2D eigenvalue weighted by Crippen LogP contribution is 2.20. The molecule has 0 fully saturated rings. The van der Waals surface area contributed by atoms with Crippen molar-refractivity contribution < 1.29 is 14.1 Å². The van der Waals surface area contributed by atoms with Crippen LogP contribution in [0.15, 0.2) is 22.6 Å². The lowest BCUT2D eigenvalue weighted by Crippen LogP contribution is -3.09. The maximum Gasteiger partial charge on any atom is 0.292 e. The van der Waals surface area contributed by atoms with Crippen LogP contribution < -0.4 is 10.2 Å². The number of aromatic nitrogens is 2. The van der Waals surface area contributed by atoms with Gasteiger partial charge >= 0.3 is 0 Å². The monoisotopic (exact) mass is 349 g/mol. The first kappa shape index (κ1) is 18.4. The summed E-state index contributed by atoms with van der Waals surface area (Å²) < 4.78 is 7.26. The summed E-state index contributed by atoms with van der Waals surface area (Å²) in [6.07, 6.45) is 0. The fourth-order valence-corrected chi connectivity index (χ4v) is 2.76. The molecule has 2 N–H and O–H groups in total. The van der Waals surface area contributed by atoms with Gasteiger partial charge in [0.15, 0.2) is 13.2 Å². The molecule has 0 spiro atoms. The smallest absolute Gasteiger partial charge is 0.292 e. The van der Waals surface area contributed by atoms with Gasteiger partial charge < -0.3 is 14.6 Å². The summed E-state index contributed by atoms with van der Waals surface area (Å²) >= 11 is 5.26. The Kier molecular flexibility index (Phi) is 5.90. The second-order valence-corrected chi connectivity index (χ2v) is 6.91. The third kappa shape index (κ3) is 5.01. The number of hydrogen-bond acceptors (Lipinski definition) is 4. The number of rotatable bonds is 6. The van der Waals surface area contributed by atoms with Crippen molar-refractivity contribution in [3.8, 4) is 11.5 Å². The van der Waals surface area contributed by atoms with E-state index in [2.05, 4.69) is 16.5 Å². The van der Waals surface area contributed by atoms with Gasteiger partial charge in [-0.15, -0.1) is 5.10 Å². The van der Waals surface area contributed by atoms with Crippen LogP contribution in [-0.2, 0) is 11.5 Å². The standard InChI is InChI=1S/C17H24N4O2S/c1-11(2)18-15(22)9-20(5)10-21-17(24)23-16(19-21)14-7-12(3)6-13(4)8-14/h6-8,11H,9-10H2,1-5H3,(H,18,22)/p+1. The minimum Gasteiger partial charge on any atom is -0.409 e. The number of nitrogens with zero attached hydrogens (tertiary/aromatic N) is 2. The molecule has 7 heteroatoms. The van der Waals surface area contributed by atoms with Gasteiger partial charge in [0.05, 0.1) is 7.05 Å². The Morgan fingerprint density at radius 2 is 1.96 bits per heavy atom. The molecular formula is C17H25N4O2S+. The van der Waals surface area contributed by atoms with E-state index < -0.39 is 0 Å². The molecule has 0 saturated carbocycles. The summed E-state index contributed by atoms with van der Waals surface area (Å²) in [5.41, 5.74) is 3.20. The SMILES string of the molecule is Cc1cc(C)cc(-c2nn(C[NH+](C)CC(=O)NC(C)C)c(=S)o2)c1. The van der Waals surface area contributed by atoms with Gasteiger partial charge in [-0.05, 0) is 52.0 Å². The number of hydrogen-bond donors (Lipinski definition) is 2. The van der Waals surface area contributed by atoms with E-state index in [9.17, 15) is 4.79 Å². The molecule has 24 heavy (non-hydrogen) atoms. The summed E-state index contributed by atoms with van der Waals surface area (Å²) in [4.78, 5) is 13.1. The van der Waals surface area contributed by atoms with Crippen molar-refractivity contribution in [3.05, 3.63) is 34.2 Å². The summed E-state index contributed by atoms with van der Waals surface area (Å²) in [5, 5.41) is 7.34. The Balaban J connectivity index is 2.11. The maximum atomic E-state index is 11.8. The van der Waals surface area contributed by atoms with Crippen LogP contribution in [0.5, 0.6) is 0 Å². The predicted octanol–water partition coefficient (Wildman–Crippen LogP) is 1.49. The summed E-state index contributed by atoms with van der Waals surface area (Å²) in [7, 11) is 1.92.